The number of allylic oxidation sites excluding steroid dienone is 1. The number of hydrogen-bond donors (Lipinski definition) is 1. The lowest BCUT2D eigenvalue weighted by molar-refractivity contribution is -0.114. The summed E-state index contributed by atoms with van der Waals surface area (Å²) in [5.74, 6) is 0.828. The minimum Gasteiger partial charge on any atom is -0.504 e. The van der Waals surface area contributed by atoms with Crippen LogP contribution in [0.1, 0.15) is 11.1 Å². The van der Waals surface area contributed by atoms with Gasteiger partial charge in [-0.2, -0.15) is 0 Å². The van der Waals surface area contributed by atoms with Gasteiger partial charge in [0.1, 0.15) is 5.75 Å². The number of ether oxygens (including phenoxy) is 2. The lowest BCUT2D eigenvalue weighted by atomic mass is 10.1. The molecule has 0 heterocycles. The molecule has 0 unspecified atom stereocenters. The van der Waals surface area contributed by atoms with Gasteiger partial charge in [0, 0.05) is 12.0 Å². The monoisotopic (exact) mass is 332 g/mol. The summed E-state index contributed by atoms with van der Waals surface area (Å²) in [6, 6.07) is 10.2. The Morgan fingerprint density at radius 1 is 1.22 bits per heavy atom. The Hall–Kier alpha value is -2.46. The number of aromatic hydroxyl groups is 1. The molecule has 0 bridgehead atoms. The summed E-state index contributed by atoms with van der Waals surface area (Å²) in [5, 5.41) is 10.2. The van der Waals surface area contributed by atoms with Crippen LogP contribution in [0.5, 0.6) is 17.2 Å². The van der Waals surface area contributed by atoms with Crippen LogP contribution in [0.3, 0.4) is 0 Å². The molecule has 23 heavy (non-hydrogen) atoms. The highest BCUT2D eigenvalue weighted by Gasteiger charge is 2.10. The number of phenols is 1. The van der Waals surface area contributed by atoms with E-state index in [0.29, 0.717) is 22.1 Å². The first-order valence-electron chi connectivity index (χ1n) is 6.94. The van der Waals surface area contributed by atoms with E-state index in [9.17, 15) is 9.90 Å². The molecule has 4 nitrogen and oxygen atoms in total. The zero-order chi connectivity index (χ0) is 16.8. The van der Waals surface area contributed by atoms with Crippen molar-refractivity contribution in [1.82, 2.24) is 0 Å². The van der Waals surface area contributed by atoms with E-state index >= 15 is 0 Å². The van der Waals surface area contributed by atoms with E-state index in [1.165, 1.54) is 26.4 Å². The molecule has 2 rings (SSSR count). The second-order valence-electron chi connectivity index (χ2n) is 4.84. The molecule has 2 aromatic rings. The van der Waals surface area contributed by atoms with Gasteiger partial charge in [-0.3, -0.25) is 4.79 Å². The van der Waals surface area contributed by atoms with Crippen LogP contribution in [-0.2, 0) is 11.2 Å². The van der Waals surface area contributed by atoms with Gasteiger partial charge in [0.15, 0.2) is 17.3 Å². The maximum absolute atomic E-state index is 12.1. The van der Waals surface area contributed by atoms with Gasteiger partial charge < -0.3 is 14.6 Å². The van der Waals surface area contributed by atoms with E-state index in [1.807, 2.05) is 0 Å². The fraction of sp³-hybridized carbons (Fsp3) is 0.167. The number of para-hydroxylation sites is 1. The number of ketones is 1. The molecule has 0 aliphatic heterocycles. The average Bonchev–Trinajstić information content (AvgIpc) is 2.53. The molecule has 2 aromatic carbocycles. The predicted molar refractivity (Wildman–Crippen MR) is 90.4 cm³/mol. The van der Waals surface area contributed by atoms with Gasteiger partial charge in [-0.15, -0.1) is 0 Å². The molecule has 0 fully saturated rings. The normalized spacial score (nSPS) is 10.7. The second-order valence-corrected chi connectivity index (χ2v) is 5.25. The molecule has 0 aliphatic carbocycles. The van der Waals surface area contributed by atoms with Crippen molar-refractivity contribution >= 4 is 23.5 Å². The van der Waals surface area contributed by atoms with Crippen molar-refractivity contribution in [2.24, 2.45) is 0 Å². The molecule has 0 spiro atoms. The third-order valence-electron chi connectivity index (χ3n) is 3.28. The fourth-order valence-electron chi connectivity index (χ4n) is 2.17. The summed E-state index contributed by atoms with van der Waals surface area (Å²) in [5.41, 5.74) is 1.43. The number of halogens is 1. The van der Waals surface area contributed by atoms with Crippen LogP contribution >= 0.6 is 11.6 Å². The van der Waals surface area contributed by atoms with Crippen LogP contribution in [0.25, 0.3) is 6.08 Å². The predicted octanol–water partition coefficient (Wildman–Crippen LogP) is 3.89. The van der Waals surface area contributed by atoms with Gasteiger partial charge in [0.2, 0.25) is 0 Å². The molecule has 1 N–H and O–H groups in total. The van der Waals surface area contributed by atoms with Crippen LogP contribution in [0.4, 0.5) is 0 Å². The molecular weight excluding hydrogens is 316 g/mol. The quantitative estimate of drug-likeness (QED) is 0.815. The molecule has 0 atom stereocenters. The van der Waals surface area contributed by atoms with Crippen molar-refractivity contribution in [3.05, 3.63) is 58.6 Å². The van der Waals surface area contributed by atoms with E-state index in [1.54, 1.807) is 36.4 Å². The zero-order valence-corrected chi connectivity index (χ0v) is 13.6. The number of hydrogen-bond acceptors (Lipinski definition) is 4. The van der Waals surface area contributed by atoms with Gasteiger partial charge >= 0.3 is 0 Å². The largest absolute Gasteiger partial charge is 0.504 e. The highest BCUT2D eigenvalue weighted by molar-refractivity contribution is 6.32. The van der Waals surface area contributed by atoms with Crippen LogP contribution in [0.2, 0.25) is 5.02 Å². The van der Waals surface area contributed by atoms with Crippen molar-refractivity contribution in [1.29, 1.82) is 0 Å². The van der Waals surface area contributed by atoms with Crippen LogP contribution in [-0.4, -0.2) is 25.1 Å². The minimum absolute atomic E-state index is 0.0265. The number of methoxy groups -OCH3 is 2. The Labute approximate surface area is 139 Å². The first-order chi connectivity index (χ1) is 11.0. The number of carbonyl (C=O) groups excluding carboxylic acids is 1. The average molecular weight is 333 g/mol. The summed E-state index contributed by atoms with van der Waals surface area (Å²) in [7, 11) is 3.00. The van der Waals surface area contributed by atoms with E-state index in [4.69, 9.17) is 21.1 Å². The highest BCUT2D eigenvalue weighted by atomic mass is 35.5. The Kier molecular flexibility index (Phi) is 5.66. The van der Waals surface area contributed by atoms with Crippen LogP contribution in [0.15, 0.2) is 42.5 Å². The molecule has 0 saturated carbocycles. The minimum atomic E-state index is -0.0964. The molecule has 0 amide bonds. The second kappa shape index (κ2) is 7.70. The summed E-state index contributed by atoms with van der Waals surface area (Å²) in [6.07, 6.45) is 3.28. The molecule has 0 radical (unpaired) electrons. The summed E-state index contributed by atoms with van der Waals surface area (Å²) >= 11 is 6.04. The Bertz CT molecular complexity index is 738. The smallest absolute Gasteiger partial charge is 0.160 e. The lowest BCUT2D eigenvalue weighted by Gasteiger charge is -2.08. The van der Waals surface area contributed by atoms with Crippen molar-refractivity contribution in [2.75, 3.05) is 14.2 Å². The first kappa shape index (κ1) is 16.9. The number of rotatable bonds is 6. The first-order valence-corrected chi connectivity index (χ1v) is 7.32. The molecule has 0 aromatic heterocycles. The van der Waals surface area contributed by atoms with Gasteiger partial charge in [0.25, 0.3) is 0 Å². The van der Waals surface area contributed by atoms with Gasteiger partial charge in [-0.25, -0.2) is 0 Å². The number of benzene rings is 2. The van der Waals surface area contributed by atoms with Crippen LogP contribution < -0.4 is 9.47 Å². The molecular formula is C18H17ClO4. The maximum atomic E-state index is 12.1. The number of carbonyl (C=O) groups is 1. The summed E-state index contributed by atoms with van der Waals surface area (Å²) < 4.78 is 10.2. The SMILES string of the molecule is COc1ccc(/C=C/C(=O)Cc2cccc(Cl)c2OC)cc1O. The van der Waals surface area contributed by atoms with Crippen LogP contribution in [0, 0.1) is 0 Å². The Balaban J connectivity index is 2.10. The lowest BCUT2D eigenvalue weighted by Crippen LogP contribution is -2.01. The Morgan fingerprint density at radius 2 is 2.00 bits per heavy atom. The standard InChI is InChI=1S/C18H17ClO4/c1-22-17-9-7-12(10-16(17)21)6-8-14(20)11-13-4-3-5-15(19)18(13)23-2/h3-10,21H,11H2,1-2H3/b8-6+. The zero-order valence-electron chi connectivity index (χ0n) is 12.9. The van der Waals surface area contributed by atoms with Gasteiger partial charge in [-0.05, 0) is 29.8 Å². The van der Waals surface area contributed by atoms with Gasteiger partial charge in [-0.1, -0.05) is 35.9 Å². The Morgan fingerprint density at radius 3 is 2.65 bits per heavy atom. The van der Waals surface area contributed by atoms with E-state index in [2.05, 4.69) is 0 Å². The number of phenolic OH excluding ortho intramolecular Hbond substituents is 1. The van der Waals surface area contributed by atoms with E-state index in [0.717, 1.165) is 5.56 Å². The van der Waals surface area contributed by atoms with Crippen molar-refractivity contribution < 1.29 is 19.4 Å². The van der Waals surface area contributed by atoms with Gasteiger partial charge in [0.05, 0.1) is 19.2 Å². The molecule has 120 valence electrons. The summed E-state index contributed by atoms with van der Waals surface area (Å²) in [4.78, 5) is 12.1. The topological polar surface area (TPSA) is 55.8 Å². The third kappa shape index (κ3) is 4.27. The molecule has 0 saturated heterocycles. The molecule has 5 heteroatoms. The highest BCUT2D eigenvalue weighted by Crippen LogP contribution is 2.29. The maximum Gasteiger partial charge on any atom is 0.160 e. The summed E-state index contributed by atoms with van der Waals surface area (Å²) in [6.45, 7) is 0. The van der Waals surface area contributed by atoms with Crippen molar-refractivity contribution in [2.45, 2.75) is 6.42 Å². The van der Waals surface area contributed by atoms with E-state index in [-0.39, 0.29) is 18.0 Å². The van der Waals surface area contributed by atoms with Crippen molar-refractivity contribution in [3.63, 3.8) is 0 Å². The fourth-order valence-corrected chi connectivity index (χ4v) is 2.44. The van der Waals surface area contributed by atoms with Crippen molar-refractivity contribution in [3.8, 4) is 17.2 Å². The van der Waals surface area contributed by atoms with E-state index < -0.39 is 0 Å². The molecule has 0 aliphatic rings. The third-order valence-corrected chi connectivity index (χ3v) is 3.58.